The number of carbonyl (C=O) groups is 2. The summed E-state index contributed by atoms with van der Waals surface area (Å²) in [5.41, 5.74) is 0.169. The molecule has 2 N–H and O–H groups in total. The highest BCUT2D eigenvalue weighted by Gasteiger charge is 2.27. The first kappa shape index (κ1) is 16.2. The lowest BCUT2D eigenvalue weighted by atomic mass is 9.97. The minimum atomic E-state index is -0.876. The Morgan fingerprint density at radius 3 is 2.40 bits per heavy atom. The van der Waals surface area contributed by atoms with Gasteiger partial charge in [0.2, 0.25) is 0 Å². The molecule has 0 spiro atoms. The van der Waals surface area contributed by atoms with Gasteiger partial charge in [-0.15, -0.1) is 0 Å². The van der Waals surface area contributed by atoms with Gasteiger partial charge in [0.05, 0.1) is 0 Å². The minimum Gasteiger partial charge on any atom is -0.481 e. The monoisotopic (exact) mass is 279 g/mol. The zero-order valence-electron chi connectivity index (χ0n) is 12.1. The largest absolute Gasteiger partial charge is 0.481 e. The number of carboxylic acids is 1. The van der Waals surface area contributed by atoms with Crippen LogP contribution in [0.25, 0.3) is 0 Å². The number of hydrogen-bond acceptors (Lipinski definition) is 3. The van der Waals surface area contributed by atoms with Gasteiger partial charge < -0.3 is 15.2 Å². The van der Waals surface area contributed by atoms with Crippen LogP contribution < -0.4 is 5.32 Å². The smallest absolute Gasteiger partial charge is 0.303 e. The Balaban J connectivity index is 2.70. The predicted octanol–water partition coefficient (Wildman–Crippen LogP) is 2.13. The Morgan fingerprint density at radius 1 is 1.30 bits per heavy atom. The molecule has 0 unspecified atom stereocenters. The number of ether oxygens (including phenoxy) is 1. The number of nitrogens with one attached hydrogen (secondary N) is 1. The number of aliphatic carboxylic acids is 1. The second-order valence-corrected chi connectivity index (χ2v) is 5.29. The summed E-state index contributed by atoms with van der Waals surface area (Å²) < 4.78 is 5.24. The van der Waals surface area contributed by atoms with E-state index in [9.17, 15) is 9.59 Å². The lowest BCUT2D eigenvalue weighted by Gasteiger charge is -2.28. The molecule has 0 saturated heterocycles. The highest BCUT2D eigenvalue weighted by molar-refractivity contribution is 5.83. The summed E-state index contributed by atoms with van der Waals surface area (Å²) >= 11 is 0. The summed E-state index contributed by atoms with van der Waals surface area (Å²) in [5, 5.41) is 11.5. The molecule has 5 heteroatoms. The maximum atomic E-state index is 12.3. The van der Waals surface area contributed by atoms with E-state index in [1.165, 1.54) is 7.11 Å². The molecule has 5 nitrogen and oxygen atoms in total. The van der Waals surface area contributed by atoms with Crippen LogP contribution in [0.3, 0.4) is 0 Å². The van der Waals surface area contributed by atoms with E-state index in [2.05, 4.69) is 5.32 Å². The standard InChI is InChI=1S/C15H21NO4/c1-15(2,10-9-12(17)18)16-14(19)13(20-3)11-7-5-4-6-8-11/h4-8,13H,9-10H2,1-3H3,(H,16,19)(H,17,18)/t13-/m1/s1. The molecule has 0 heterocycles. The van der Waals surface area contributed by atoms with Crippen LogP contribution in [0, 0.1) is 0 Å². The summed E-state index contributed by atoms with van der Waals surface area (Å²) in [4.78, 5) is 22.9. The minimum absolute atomic E-state index is 0.0102. The third kappa shape index (κ3) is 5.01. The van der Waals surface area contributed by atoms with Gasteiger partial charge in [-0.1, -0.05) is 30.3 Å². The molecule has 1 rings (SSSR count). The Morgan fingerprint density at radius 2 is 1.90 bits per heavy atom. The van der Waals surface area contributed by atoms with Gasteiger partial charge in [0, 0.05) is 19.1 Å². The number of rotatable bonds is 7. The normalized spacial score (nSPS) is 12.8. The van der Waals surface area contributed by atoms with Gasteiger partial charge >= 0.3 is 5.97 Å². The van der Waals surface area contributed by atoms with Crippen LogP contribution in [-0.2, 0) is 14.3 Å². The van der Waals surface area contributed by atoms with E-state index in [0.717, 1.165) is 5.56 Å². The number of amides is 1. The second-order valence-electron chi connectivity index (χ2n) is 5.29. The van der Waals surface area contributed by atoms with Crippen molar-refractivity contribution < 1.29 is 19.4 Å². The third-order valence-electron chi connectivity index (χ3n) is 3.00. The molecule has 0 saturated carbocycles. The molecule has 0 aliphatic heterocycles. The average molecular weight is 279 g/mol. The van der Waals surface area contributed by atoms with E-state index in [1.807, 2.05) is 30.3 Å². The number of methoxy groups -OCH3 is 1. The molecule has 20 heavy (non-hydrogen) atoms. The molecule has 0 aliphatic carbocycles. The van der Waals surface area contributed by atoms with Crippen molar-refractivity contribution in [2.45, 2.75) is 38.3 Å². The van der Waals surface area contributed by atoms with Crippen molar-refractivity contribution in [3.8, 4) is 0 Å². The molecule has 1 aromatic carbocycles. The fourth-order valence-corrected chi connectivity index (χ4v) is 1.90. The van der Waals surface area contributed by atoms with Crippen molar-refractivity contribution in [1.29, 1.82) is 0 Å². The molecular weight excluding hydrogens is 258 g/mol. The highest BCUT2D eigenvalue weighted by Crippen LogP contribution is 2.19. The Kier molecular flexibility index (Phi) is 5.70. The third-order valence-corrected chi connectivity index (χ3v) is 3.00. The number of benzene rings is 1. The molecule has 0 aliphatic rings. The van der Waals surface area contributed by atoms with Crippen LogP contribution in [0.4, 0.5) is 0 Å². The van der Waals surface area contributed by atoms with Crippen molar-refractivity contribution in [3.05, 3.63) is 35.9 Å². The van der Waals surface area contributed by atoms with Gasteiger partial charge in [-0.3, -0.25) is 9.59 Å². The SMILES string of the molecule is CO[C@@H](C(=O)NC(C)(C)CCC(=O)O)c1ccccc1. The van der Waals surface area contributed by atoms with E-state index >= 15 is 0 Å². The summed E-state index contributed by atoms with van der Waals surface area (Å²) in [6.45, 7) is 3.59. The average Bonchev–Trinajstić information content (AvgIpc) is 2.38. The lowest BCUT2D eigenvalue weighted by molar-refractivity contribution is -0.138. The summed E-state index contributed by atoms with van der Waals surface area (Å²) in [7, 11) is 1.47. The molecule has 0 aromatic heterocycles. The van der Waals surface area contributed by atoms with E-state index in [0.29, 0.717) is 6.42 Å². The summed E-state index contributed by atoms with van der Waals surface area (Å²) in [6.07, 6.45) is -0.324. The van der Waals surface area contributed by atoms with Gasteiger partial charge in [0.1, 0.15) is 0 Å². The highest BCUT2D eigenvalue weighted by atomic mass is 16.5. The van der Waals surface area contributed by atoms with Gasteiger partial charge in [-0.25, -0.2) is 0 Å². The Labute approximate surface area is 118 Å². The van der Waals surface area contributed by atoms with Crippen LogP contribution in [-0.4, -0.2) is 29.6 Å². The first-order valence-corrected chi connectivity index (χ1v) is 6.47. The molecule has 0 fully saturated rings. The lowest BCUT2D eigenvalue weighted by Crippen LogP contribution is -2.46. The Bertz CT molecular complexity index is 456. The first-order chi connectivity index (χ1) is 9.35. The fraction of sp³-hybridized carbons (Fsp3) is 0.467. The van der Waals surface area contributed by atoms with Crippen molar-refractivity contribution in [2.24, 2.45) is 0 Å². The predicted molar refractivity (Wildman–Crippen MR) is 75.3 cm³/mol. The number of hydrogen-bond donors (Lipinski definition) is 2. The Hall–Kier alpha value is -1.88. The van der Waals surface area contributed by atoms with Gasteiger partial charge in [0.25, 0.3) is 5.91 Å². The topological polar surface area (TPSA) is 75.6 Å². The van der Waals surface area contributed by atoms with Crippen LogP contribution in [0.2, 0.25) is 0 Å². The quantitative estimate of drug-likeness (QED) is 0.801. The van der Waals surface area contributed by atoms with Gasteiger partial charge in [-0.2, -0.15) is 0 Å². The van der Waals surface area contributed by atoms with E-state index in [1.54, 1.807) is 13.8 Å². The zero-order chi connectivity index (χ0) is 15.2. The molecule has 0 radical (unpaired) electrons. The maximum Gasteiger partial charge on any atom is 0.303 e. The van der Waals surface area contributed by atoms with Crippen molar-refractivity contribution >= 4 is 11.9 Å². The van der Waals surface area contributed by atoms with Gasteiger partial charge in [0.15, 0.2) is 6.10 Å². The zero-order valence-corrected chi connectivity index (χ0v) is 12.1. The maximum absolute atomic E-state index is 12.3. The molecule has 1 amide bonds. The van der Waals surface area contributed by atoms with Crippen molar-refractivity contribution in [3.63, 3.8) is 0 Å². The summed E-state index contributed by atoms with van der Waals surface area (Å²) in [5.74, 6) is -1.15. The van der Waals surface area contributed by atoms with E-state index in [-0.39, 0.29) is 12.3 Å². The van der Waals surface area contributed by atoms with E-state index < -0.39 is 17.6 Å². The molecular formula is C15H21NO4. The van der Waals surface area contributed by atoms with Crippen LogP contribution in [0.15, 0.2) is 30.3 Å². The number of carboxylic acid groups (broad SMARTS) is 1. The van der Waals surface area contributed by atoms with E-state index in [4.69, 9.17) is 9.84 Å². The van der Waals surface area contributed by atoms with Crippen molar-refractivity contribution in [1.82, 2.24) is 5.32 Å². The second kappa shape index (κ2) is 7.05. The van der Waals surface area contributed by atoms with Crippen LogP contribution in [0.5, 0.6) is 0 Å². The van der Waals surface area contributed by atoms with Crippen molar-refractivity contribution in [2.75, 3.05) is 7.11 Å². The molecule has 1 aromatic rings. The van der Waals surface area contributed by atoms with Gasteiger partial charge in [-0.05, 0) is 25.8 Å². The number of carbonyl (C=O) groups excluding carboxylic acids is 1. The molecule has 0 bridgehead atoms. The fourth-order valence-electron chi connectivity index (χ4n) is 1.90. The molecule has 110 valence electrons. The molecule has 1 atom stereocenters. The van der Waals surface area contributed by atoms with Crippen LogP contribution >= 0.6 is 0 Å². The summed E-state index contributed by atoms with van der Waals surface area (Å²) in [6, 6.07) is 9.18. The van der Waals surface area contributed by atoms with Crippen LogP contribution in [0.1, 0.15) is 38.4 Å². The first-order valence-electron chi connectivity index (χ1n) is 6.47.